The number of anilines is 2. The van der Waals surface area contributed by atoms with Gasteiger partial charge in [-0.25, -0.2) is 35.7 Å². The van der Waals surface area contributed by atoms with Crippen LogP contribution in [0.25, 0.3) is 0 Å². The van der Waals surface area contributed by atoms with Crippen molar-refractivity contribution < 1.29 is 31.5 Å². The number of hydrogen-bond acceptors (Lipinski definition) is 6. The molecule has 0 fully saturated rings. The van der Waals surface area contributed by atoms with Crippen LogP contribution in [0.15, 0.2) is 12.1 Å². The Bertz CT molecular complexity index is 661. The molecule has 1 aromatic carbocycles. The molecule has 23 heavy (non-hydrogen) atoms. The van der Waals surface area contributed by atoms with Gasteiger partial charge in [-0.1, -0.05) is 0 Å². The van der Waals surface area contributed by atoms with Crippen LogP contribution in [0, 0.1) is 12.7 Å². The fourth-order valence-electron chi connectivity index (χ4n) is 1.33. The zero-order valence-electron chi connectivity index (χ0n) is 11.7. The van der Waals surface area contributed by atoms with E-state index in [9.17, 15) is 14.0 Å². The number of aryl methyl sites for hydroxylation is 1. The minimum absolute atomic E-state index is 0.107. The molecule has 0 aliphatic heterocycles. The second-order valence-electron chi connectivity index (χ2n) is 3.95. The fraction of sp³-hybridized carbons (Fsp3) is 0.111. The van der Waals surface area contributed by atoms with Crippen molar-refractivity contribution in [2.24, 2.45) is 23.2 Å². The third-order valence-electron chi connectivity index (χ3n) is 2.26. The van der Waals surface area contributed by atoms with Crippen molar-refractivity contribution >= 4 is 33.8 Å². The lowest BCUT2D eigenvalue weighted by Gasteiger charge is -2.20. The van der Waals surface area contributed by atoms with E-state index in [-0.39, 0.29) is 11.4 Å². The van der Waals surface area contributed by atoms with Crippen LogP contribution >= 0.6 is 0 Å². The average molecular weight is 354 g/mol. The Labute approximate surface area is 129 Å². The van der Waals surface area contributed by atoms with Crippen molar-refractivity contribution in [3.8, 4) is 0 Å². The molecule has 0 saturated heterocycles. The lowest BCUT2D eigenvalue weighted by molar-refractivity contribution is 0.253. The number of primary amides is 2. The van der Waals surface area contributed by atoms with Gasteiger partial charge in [0.05, 0.1) is 5.69 Å². The van der Waals surface area contributed by atoms with E-state index in [0.717, 1.165) is 12.1 Å². The SMILES string of the molecule is Cc1cc(F)c(N(N)C(N)=O)cc1N(N)C(N)=O.O=S(=O)(O)O. The van der Waals surface area contributed by atoms with Gasteiger partial charge in [0.15, 0.2) is 0 Å². The first kappa shape index (κ1) is 20.5. The second kappa shape index (κ2) is 7.65. The fourth-order valence-corrected chi connectivity index (χ4v) is 1.33. The third-order valence-corrected chi connectivity index (χ3v) is 2.26. The van der Waals surface area contributed by atoms with E-state index in [1.165, 1.54) is 6.92 Å². The highest BCUT2D eigenvalue weighted by Gasteiger charge is 2.18. The van der Waals surface area contributed by atoms with Crippen LogP contribution < -0.4 is 33.2 Å². The van der Waals surface area contributed by atoms with Crippen LogP contribution in [-0.4, -0.2) is 29.6 Å². The largest absolute Gasteiger partial charge is 0.394 e. The van der Waals surface area contributed by atoms with E-state index in [1.807, 2.05) is 0 Å². The van der Waals surface area contributed by atoms with E-state index in [2.05, 4.69) is 0 Å². The molecule has 1 aromatic rings. The van der Waals surface area contributed by atoms with Crippen molar-refractivity contribution in [3.63, 3.8) is 0 Å². The number of nitrogens with zero attached hydrogens (tertiary/aromatic N) is 2. The summed E-state index contributed by atoms with van der Waals surface area (Å²) in [6.45, 7) is 1.51. The van der Waals surface area contributed by atoms with Crippen LogP contribution in [0.2, 0.25) is 0 Å². The molecule has 0 heterocycles. The highest BCUT2D eigenvalue weighted by Crippen LogP contribution is 2.27. The van der Waals surface area contributed by atoms with Crippen molar-refractivity contribution in [2.45, 2.75) is 6.92 Å². The highest BCUT2D eigenvalue weighted by atomic mass is 32.3. The Morgan fingerprint density at radius 3 is 1.74 bits per heavy atom. The summed E-state index contributed by atoms with van der Waals surface area (Å²) in [4.78, 5) is 21.8. The third kappa shape index (κ3) is 6.85. The Kier molecular flexibility index (Phi) is 6.82. The van der Waals surface area contributed by atoms with E-state index < -0.39 is 28.3 Å². The van der Waals surface area contributed by atoms with E-state index >= 15 is 0 Å². The summed E-state index contributed by atoms with van der Waals surface area (Å²) < 4.78 is 45.2. The second-order valence-corrected chi connectivity index (χ2v) is 4.85. The van der Waals surface area contributed by atoms with Gasteiger partial charge in [-0.3, -0.25) is 9.11 Å². The molecule has 0 bridgehead atoms. The maximum Gasteiger partial charge on any atom is 0.394 e. The molecule has 0 atom stereocenters. The van der Waals surface area contributed by atoms with Gasteiger partial charge in [0.2, 0.25) is 0 Å². The van der Waals surface area contributed by atoms with Crippen LogP contribution in [0.1, 0.15) is 5.56 Å². The van der Waals surface area contributed by atoms with E-state index in [4.69, 9.17) is 40.7 Å². The van der Waals surface area contributed by atoms with Gasteiger partial charge in [0, 0.05) is 0 Å². The minimum Gasteiger partial charge on any atom is -0.350 e. The molecular formula is C9H15FN6O6S. The Balaban J connectivity index is 0.000000841. The molecule has 0 radical (unpaired) electrons. The predicted octanol–water partition coefficient (Wildman–Crippen LogP) is -1.00. The predicted molar refractivity (Wildman–Crippen MR) is 77.8 cm³/mol. The number of hydrogen-bond donors (Lipinski definition) is 6. The van der Waals surface area contributed by atoms with Gasteiger partial charge < -0.3 is 11.5 Å². The Morgan fingerprint density at radius 1 is 1.04 bits per heavy atom. The summed E-state index contributed by atoms with van der Waals surface area (Å²) in [6.07, 6.45) is 0. The number of urea groups is 2. The first-order valence-corrected chi connectivity index (χ1v) is 6.84. The zero-order valence-corrected chi connectivity index (χ0v) is 12.5. The van der Waals surface area contributed by atoms with Crippen molar-refractivity contribution in [2.75, 3.05) is 10.0 Å². The molecule has 0 spiro atoms. The molecule has 4 amide bonds. The minimum atomic E-state index is -4.67. The Hall–Kier alpha value is -2.52. The average Bonchev–Trinajstić information content (AvgIpc) is 2.35. The van der Waals surface area contributed by atoms with Crippen molar-refractivity contribution in [1.29, 1.82) is 0 Å². The molecule has 12 nitrogen and oxygen atoms in total. The monoisotopic (exact) mass is 354 g/mol. The maximum absolute atomic E-state index is 13.6. The first-order valence-electron chi connectivity index (χ1n) is 5.44. The van der Waals surface area contributed by atoms with Crippen LogP contribution in [0.3, 0.4) is 0 Å². The standard InChI is InChI=1S/C9H13FN6O2.H2O4S/c1-4-2-5(10)7(16(14)9(12)18)3-6(4)15(13)8(11)17;1-5(2,3)4/h2-3H,13-14H2,1H3,(H2,11,17)(H2,12,18);(H2,1,2,3,4). The lowest BCUT2D eigenvalue weighted by Crippen LogP contribution is -2.44. The Morgan fingerprint density at radius 2 is 1.39 bits per heavy atom. The molecule has 130 valence electrons. The number of nitrogens with two attached hydrogens (primary N) is 4. The maximum atomic E-state index is 13.6. The number of carbonyl (C=O) groups is 2. The van der Waals surface area contributed by atoms with E-state index in [1.54, 1.807) is 0 Å². The molecule has 0 unspecified atom stereocenters. The van der Waals surface area contributed by atoms with Gasteiger partial charge >= 0.3 is 22.5 Å². The molecule has 10 N–H and O–H groups in total. The summed E-state index contributed by atoms with van der Waals surface area (Å²) in [6, 6.07) is 0.140. The van der Waals surface area contributed by atoms with Crippen LogP contribution in [0.5, 0.6) is 0 Å². The number of halogens is 1. The molecule has 1 rings (SSSR count). The summed E-state index contributed by atoms with van der Waals surface area (Å²) >= 11 is 0. The van der Waals surface area contributed by atoms with Crippen LogP contribution in [0.4, 0.5) is 25.4 Å². The number of rotatable bonds is 2. The smallest absolute Gasteiger partial charge is 0.350 e. The zero-order chi connectivity index (χ0) is 18.5. The number of hydrazine groups is 2. The lowest BCUT2D eigenvalue weighted by atomic mass is 10.1. The number of amides is 4. The molecule has 0 aliphatic rings. The quantitative estimate of drug-likeness (QED) is 0.167. The summed E-state index contributed by atoms with van der Waals surface area (Å²) in [7, 11) is -4.67. The summed E-state index contributed by atoms with van der Waals surface area (Å²) in [5, 5.41) is 1.00. The molecular weight excluding hydrogens is 339 g/mol. The first-order chi connectivity index (χ1) is 10.3. The summed E-state index contributed by atoms with van der Waals surface area (Å²) in [5.41, 5.74) is 10.0. The molecule has 14 heteroatoms. The van der Waals surface area contributed by atoms with Gasteiger partial charge in [-0.15, -0.1) is 0 Å². The topological polar surface area (TPSA) is 219 Å². The molecule has 0 aliphatic carbocycles. The van der Waals surface area contributed by atoms with Gasteiger partial charge in [0.1, 0.15) is 11.5 Å². The van der Waals surface area contributed by atoms with Gasteiger partial charge in [0.25, 0.3) is 0 Å². The van der Waals surface area contributed by atoms with Crippen molar-refractivity contribution in [3.05, 3.63) is 23.5 Å². The van der Waals surface area contributed by atoms with Gasteiger partial charge in [-0.2, -0.15) is 8.42 Å². The van der Waals surface area contributed by atoms with E-state index in [0.29, 0.717) is 15.6 Å². The van der Waals surface area contributed by atoms with Crippen LogP contribution in [-0.2, 0) is 10.4 Å². The summed E-state index contributed by atoms with van der Waals surface area (Å²) in [5.74, 6) is 9.89. The molecule has 0 saturated carbocycles. The highest BCUT2D eigenvalue weighted by molar-refractivity contribution is 7.79. The number of benzene rings is 1. The normalized spacial score (nSPS) is 10.3. The van der Waals surface area contributed by atoms with Gasteiger partial charge in [-0.05, 0) is 24.6 Å². The number of carbonyl (C=O) groups excluding carboxylic acids is 2. The molecule has 0 aromatic heterocycles. The van der Waals surface area contributed by atoms with Crippen molar-refractivity contribution in [1.82, 2.24) is 0 Å².